The summed E-state index contributed by atoms with van der Waals surface area (Å²) in [7, 11) is 0. The minimum atomic E-state index is 0.232. The lowest BCUT2D eigenvalue weighted by atomic mass is 10.1. The first-order valence-corrected chi connectivity index (χ1v) is 6.99. The molecule has 0 saturated carbocycles. The van der Waals surface area contributed by atoms with Crippen LogP contribution < -0.4 is 16.8 Å². The normalized spacial score (nSPS) is 10.4. The summed E-state index contributed by atoms with van der Waals surface area (Å²) >= 11 is 0. The summed E-state index contributed by atoms with van der Waals surface area (Å²) in [6.07, 6.45) is 0. The molecule has 0 aliphatic rings. The number of hydrogen-bond acceptors (Lipinski definition) is 5. The SMILES string of the molecule is Nc1cccc(-c2cc(NCc3ccccc3)nc(N)n2)c1. The van der Waals surface area contributed by atoms with Gasteiger partial charge in [-0.25, -0.2) is 4.98 Å². The topological polar surface area (TPSA) is 89.8 Å². The second-order valence-electron chi connectivity index (χ2n) is 4.96. The van der Waals surface area contributed by atoms with Gasteiger partial charge in [-0.15, -0.1) is 0 Å². The number of benzene rings is 2. The summed E-state index contributed by atoms with van der Waals surface area (Å²) in [5.74, 6) is 0.921. The highest BCUT2D eigenvalue weighted by atomic mass is 15.1. The van der Waals surface area contributed by atoms with Gasteiger partial charge in [0.15, 0.2) is 0 Å². The molecule has 5 nitrogen and oxygen atoms in total. The van der Waals surface area contributed by atoms with Gasteiger partial charge in [0, 0.05) is 23.9 Å². The monoisotopic (exact) mass is 291 g/mol. The van der Waals surface area contributed by atoms with Crippen LogP contribution in [0.3, 0.4) is 0 Å². The number of hydrogen-bond donors (Lipinski definition) is 3. The van der Waals surface area contributed by atoms with Crippen LogP contribution in [0.2, 0.25) is 0 Å². The van der Waals surface area contributed by atoms with E-state index in [4.69, 9.17) is 11.5 Å². The predicted molar refractivity (Wildman–Crippen MR) is 90.1 cm³/mol. The summed E-state index contributed by atoms with van der Waals surface area (Å²) < 4.78 is 0. The highest BCUT2D eigenvalue weighted by molar-refractivity contribution is 5.67. The summed E-state index contributed by atoms with van der Waals surface area (Å²) in [6.45, 7) is 0.674. The van der Waals surface area contributed by atoms with Crippen LogP contribution in [-0.2, 0) is 6.54 Å². The Bertz CT molecular complexity index is 771. The van der Waals surface area contributed by atoms with Gasteiger partial charge >= 0.3 is 0 Å². The molecule has 0 saturated heterocycles. The third-order valence-corrected chi connectivity index (χ3v) is 3.24. The Labute approximate surface area is 129 Å². The molecule has 0 fully saturated rings. The quantitative estimate of drug-likeness (QED) is 0.643. The maximum absolute atomic E-state index is 5.82. The van der Waals surface area contributed by atoms with Crippen molar-refractivity contribution < 1.29 is 0 Å². The van der Waals surface area contributed by atoms with Crippen LogP contribution in [0.5, 0.6) is 0 Å². The van der Waals surface area contributed by atoms with Gasteiger partial charge in [0.05, 0.1) is 5.69 Å². The molecule has 0 spiro atoms. The first-order chi connectivity index (χ1) is 10.7. The van der Waals surface area contributed by atoms with E-state index in [1.165, 1.54) is 5.56 Å². The van der Waals surface area contributed by atoms with E-state index in [1.807, 2.05) is 48.5 Å². The Morgan fingerprint density at radius 1 is 0.864 bits per heavy atom. The predicted octanol–water partition coefficient (Wildman–Crippen LogP) is 2.92. The van der Waals surface area contributed by atoms with Crippen molar-refractivity contribution in [1.82, 2.24) is 9.97 Å². The van der Waals surface area contributed by atoms with Crippen LogP contribution in [0, 0.1) is 0 Å². The van der Waals surface area contributed by atoms with Gasteiger partial charge in [-0.05, 0) is 17.7 Å². The molecule has 0 unspecified atom stereocenters. The van der Waals surface area contributed by atoms with Crippen molar-refractivity contribution in [3.05, 3.63) is 66.2 Å². The molecule has 0 bridgehead atoms. The largest absolute Gasteiger partial charge is 0.399 e. The van der Waals surface area contributed by atoms with Gasteiger partial charge in [-0.3, -0.25) is 0 Å². The Morgan fingerprint density at radius 3 is 2.45 bits per heavy atom. The van der Waals surface area contributed by atoms with E-state index in [2.05, 4.69) is 27.4 Å². The molecule has 0 radical (unpaired) electrons. The third kappa shape index (κ3) is 3.32. The Hall–Kier alpha value is -3.08. The van der Waals surface area contributed by atoms with Crippen LogP contribution in [0.1, 0.15) is 5.56 Å². The van der Waals surface area contributed by atoms with Crippen LogP contribution in [0.25, 0.3) is 11.3 Å². The zero-order valence-corrected chi connectivity index (χ0v) is 12.0. The highest BCUT2D eigenvalue weighted by Crippen LogP contribution is 2.22. The van der Waals surface area contributed by atoms with Crippen molar-refractivity contribution in [2.24, 2.45) is 0 Å². The molecule has 2 aromatic carbocycles. The first kappa shape index (κ1) is 13.9. The summed E-state index contributed by atoms with van der Waals surface area (Å²) in [4.78, 5) is 8.49. The van der Waals surface area contributed by atoms with Crippen molar-refractivity contribution in [3.63, 3.8) is 0 Å². The molecular formula is C17H17N5. The van der Waals surface area contributed by atoms with Crippen molar-refractivity contribution in [3.8, 4) is 11.3 Å². The number of anilines is 3. The maximum atomic E-state index is 5.82. The smallest absolute Gasteiger partial charge is 0.222 e. The van der Waals surface area contributed by atoms with E-state index < -0.39 is 0 Å². The van der Waals surface area contributed by atoms with Crippen LogP contribution in [0.15, 0.2) is 60.7 Å². The van der Waals surface area contributed by atoms with E-state index in [1.54, 1.807) is 0 Å². The molecule has 0 aliphatic heterocycles. The molecule has 0 amide bonds. The van der Waals surface area contributed by atoms with E-state index in [9.17, 15) is 0 Å². The van der Waals surface area contributed by atoms with Gasteiger partial charge in [0.2, 0.25) is 5.95 Å². The van der Waals surface area contributed by atoms with E-state index in [0.29, 0.717) is 18.1 Å². The van der Waals surface area contributed by atoms with Crippen molar-refractivity contribution in [2.45, 2.75) is 6.54 Å². The molecule has 3 aromatic rings. The minimum absolute atomic E-state index is 0.232. The Morgan fingerprint density at radius 2 is 1.68 bits per heavy atom. The van der Waals surface area contributed by atoms with Gasteiger partial charge < -0.3 is 16.8 Å². The molecule has 22 heavy (non-hydrogen) atoms. The summed E-state index contributed by atoms with van der Waals surface area (Å²) in [5.41, 5.74) is 15.1. The molecule has 1 aromatic heterocycles. The molecule has 5 heteroatoms. The summed E-state index contributed by atoms with van der Waals surface area (Å²) in [5, 5.41) is 3.26. The van der Waals surface area contributed by atoms with Crippen molar-refractivity contribution >= 4 is 17.5 Å². The third-order valence-electron chi connectivity index (χ3n) is 3.24. The fourth-order valence-corrected chi connectivity index (χ4v) is 2.19. The average Bonchev–Trinajstić information content (AvgIpc) is 2.53. The molecule has 1 heterocycles. The molecule has 0 atom stereocenters. The minimum Gasteiger partial charge on any atom is -0.399 e. The first-order valence-electron chi connectivity index (χ1n) is 6.99. The Balaban J connectivity index is 1.84. The van der Waals surface area contributed by atoms with Crippen LogP contribution in [-0.4, -0.2) is 9.97 Å². The second kappa shape index (κ2) is 6.13. The zero-order valence-electron chi connectivity index (χ0n) is 12.0. The van der Waals surface area contributed by atoms with Crippen LogP contribution >= 0.6 is 0 Å². The highest BCUT2D eigenvalue weighted by Gasteiger charge is 2.05. The van der Waals surface area contributed by atoms with Gasteiger partial charge in [0.25, 0.3) is 0 Å². The molecular weight excluding hydrogens is 274 g/mol. The number of rotatable bonds is 4. The molecule has 110 valence electrons. The van der Waals surface area contributed by atoms with Gasteiger partial charge in [-0.2, -0.15) is 4.98 Å². The van der Waals surface area contributed by atoms with Gasteiger partial charge in [-0.1, -0.05) is 42.5 Å². The number of nitrogen functional groups attached to an aromatic ring is 2. The summed E-state index contributed by atoms with van der Waals surface area (Å²) in [6, 6.07) is 19.5. The van der Waals surface area contributed by atoms with Crippen LogP contribution in [0.4, 0.5) is 17.5 Å². The van der Waals surface area contributed by atoms with Crippen molar-refractivity contribution in [1.29, 1.82) is 0 Å². The lowest BCUT2D eigenvalue weighted by molar-refractivity contribution is 1.09. The number of nitrogens with one attached hydrogen (secondary N) is 1. The maximum Gasteiger partial charge on any atom is 0.222 e. The molecule has 5 N–H and O–H groups in total. The van der Waals surface area contributed by atoms with E-state index in [0.717, 1.165) is 11.3 Å². The van der Waals surface area contributed by atoms with E-state index in [-0.39, 0.29) is 5.95 Å². The zero-order chi connectivity index (χ0) is 15.4. The lowest BCUT2D eigenvalue weighted by Crippen LogP contribution is -2.05. The Kier molecular flexibility index (Phi) is 3.87. The number of nitrogens with zero attached hydrogens (tertiary/aromatic N) is 2. The standard InChI is InChI=1S/C17H17N5/c18-14-8-4-7-13(9-14)15-10-16(22-17(19)21-15)20-11-12-5-2-1-3-6-12/h1-10H,11,18H2,(H3,19,20,21,22). The fraction of sp³-hybridized carbons (Fsp3) is 0.0588. The molecule has 3 rings (SSSR count). The number of aromatic nitrogens is 2. The molecule has 0 aliphatic carbocycles. The second-order valence-corrected chi connectivity index (χ2v) is 4.96. The fourth-order valence-electron chi connectivity index (χ4n) is 2.19. The van der Waals surface area contributed by atoms with Gasteiger partial charge in [0.1, 0.15) is 5.82 Å². The number of nitrogens with two attached hydrogens (primary N) is 2. The van der Waals surface area contributed by atoms with Crippen molar-refractivity contribution in [2.75, 3.05) is 16.8 Å². The van der Waals surface area contributed by atoms with E-state index >= 15 is 0 Å². The average molecular weight is 291 g/mol. The lowest BCUT2D eigenvalue weighted by Gasteiger charge is -2.09.